The minimum absolute atomic E-state index is 0. The molecule has 0 bridgehead atoms. The monoisotopic (exact) mass is 384 g/mol. The smallest absolute Gasteiger partial charge is 0.354 e. The molecule has 0 amide bonds. The van der Waals surface area contributed by atoms with E-state index in [1.54, 1.807) is 0 Å². The number of methoxy groups -OCH3 is 1. The summed E-state index contributed by atoms with van der Waals surface area (Å²) in [6.07, 6.45) is 6.86. The van der Waals surface area contributed by atoms with E-state index in [0.717, 1.165) is 47.6 Å². The lowest BCUT2D eigenvalue weighted by molar-refractivity contribution is -0.712. The normalized spacial score (nSPS) is 20.3. The van der Waals surface area contributed by atoms with E-state index in [0.29, 0.717) is 5.70 Å². The molecule has 5 nitrogen and oxygen atoms in total. The van der Waals surface area contributed by atoms with Gasteiger partial charge in [-0.05, 0) is 25.0 Å². The molecule has 2 aromatic heterocycles. The number of benzene rings is 1. The second-order valence-electron chi connectivity index (χ2n) is 7.27. The number of hydrogen-bond acceptors (Lipinski definition) is 3. The van der Waals surface area contributed by atoms with Crippen molar-refractivity contribution in [3.63, 3.8) is 0 Å². The van der Waals surface area contributed by atoms with E-state index in [1.165, 1.54) is 12.8 Å². The highest BCUT2D eigenvalue weighted by Crippen LogP contribution is 2.48. The molecule has 2 aliphatic rings. The van der Waals surface area contributed by atoms with Gasteiger partial charge in [0.15, 0.2) is 5.75 Å². The molecule has 1 N–H and O–H groups in total. The van der Waals surface area contributed by atoms with Crippen LogP contribution < -0.4 is 17.0 Å². The molecule has 5 rings (SSSR count). The first-order valence-corrected chi connectivity index (χ1v) is 9.12. The van der Waals surface area contributed by atoms with Crippen LogP contribution in [0.3, 0.4) is 0 Å². The van der Waals surface area contributed by atoms with Gasteiger partial charge in [0.25, 0.3) is 0 Å². The molecule has 0 fully saturated rings. The lowest BCUT2D eigenvalue weighted by Gasteiger charge is -2.35. The average Bonchev–Trinajstić information content (AvgIpc) is 3.02. The van der Waals surface area contributed by atoms with Crippen LogP contribution in [0.5, 0.6) is 5.75 Å². The first-order chi connectivity index (χ1) is 12.6. The van der Waals surface area contributed by atoms with E-state index in [1.807, 2.05) is 35.0 Å². The van der Waals surface area contributed by atoms with Gasteiger partial charge in [0, 0.05) is 11.8 Å². The molecule has 2 aliphatic heterocycles. The largest absolute Gasteiger partial charge is 1.00 e. The van der Waals surface area contributed by atoms with Crippen LogP contribution in [-0.4, -0.2) is 22.8 Å². The molecule has 0 aliphatic carbocycles. The highest BCUT2D eigenvalue weighted by molar-refractivity contribution is 6.21. The number of rotatable bonds is 2. The van der Waals surface area contributed by atoms with Crippen molar-refractivity contribution in [2.45, 2.75) is 38.1 Å². The van der Waals surface area contributed by atoms with Crippen molar-refractivity contribution in [3.05, 3.63) is 42.2 Å². The van der Waals surface area contributed by atoms with Crippen LogP contribution in [0.2, 0.25) is 0 Å². The summed E-state index contributed by atoms with van der Waals surface area (Å²) in [5.41, 5.74) is 3.39. The highest BCUT2D eigenvalue weighted by atomic mass is 35.5. The number of pyridine rings is 1. The van der Waals surface area contributed by atoms with Gasteiger partial charge in [0.2, 0.25) is 11.9 Å². The lowest BCUT2D eigenvalue weighted by atomic mass is 9.72. The Morgan fingerprint density at radius 1 is 1.37 bits per heavy atom. The summed E-state index contributed by atoms with van der Waals surface area (Å²) in [6.45, 7) is 3.04. The van der Waals surface area contributed by atoms with Crippen LogP contribution in [0.15, 0.2) is 36.5 Å². The Morgan fingerprint density at radius 3 is 2.89 bits per heavy atom. The Balaban J connectivity index is 0.00000180. The summed E-state index contributed by atoms with van der Waals surface area (Å²) in [5, 5.41) is 12.6. The summed E-state index contributed by atoms with van der Waals surface area (Å²) in [4.78, 5) is 12.7. The quantitative estimate of drug-likeness (QED) is 0.509. The Kier molecular flexibility index (Phi) is 3.96. The van der Waals surface area contributed by atoms with E-state index in [2.05, 4.69) is 17.6 Å². The Hall–Kier alpha value is -2.53. The predicted octanol–water partition coefficient (Wildman–Crippen LogP) is 0.261. The third-order valence-corrected chi connectivity index (χ3v) is 6.09. The molecule has 0 saturated heterocycles. The van der Waals surface area contributed by atoms with Crippen LogP contribution in [0.1, 0.15) is 31.9 Å². The van der Waals surface area contributed by atoms with Gasteiger partial charge < -0.3 is 22.3 Å². The van der Waals surface area contributed by atoms with E-state index in [4.69, 9.17) is 4.74 Å². The van der Waals surface area contributed by atoms with Crippen molar-refractivity contribution in [1.29, 1.82) is 0 Å². The van der Waals surface area contributed by atoms with Crippen molar-refractivity contribution in [1.82, 2.24) is 4.57 Å². The van der Waals surface area contributed by atoms with E-state index in [9.17, 15) is 9.90 Å². The molecule has 0 spiro atoms. The second-order valence-corrected chi connectivity index (χ2v) is 7.27. The standard InChI is InChI=1S/C21H20N2O3.ClH/c1-3-21-9-6-10-22-12-16(24)17-13-7-4-5-8-14(13)23(18(17)19(21)22)15(11-21)20(25)26-2;/h4-5,7-8,11-12H,3,6,9-10H2,1-2H3;1H/t21-;/m0./s1. The van der Waals surface area contributed by atoms with Crippen molar-refractivity contribution in [2.24, 2.45) is 0 Å². The zero-order chi connectivity index (χ0) is 18.1. The molecular weight excluding hydrogens is 364 g/mol. The Labute approximate surface area is 163 Å². The first-order valence-electron chi connectivity index (χ1n) is 9.12. The third-order valence-electron chi connectivity index (χ3n) is 6.09. The maximum Gasteiger partial charge on any atom is 0.354 e. The SMILES string of the molecule is CC[C@]12C=C(C(=O)OC)n3c4ccccc4c4c(O)c[n+](c1c43)CCC2.[Cl-]. The predicted molar refractivity (Wildman–Crippen MR) is 98.8 cm³/mol. The maximum atomic E-state index is 12.7. The first kappa shape index (κ1) is 17.9. The topological polar surface area (TPSA) is 55.3 Å². The molecule has 0 unspecified atom stereocenters. The molecule has 4 heterocycles. The fraction of sp³-hybridized carbons (Fsp3) is 0.333. The van der Waals surface area contributed by atoms with Gasteiger partial charge in [-0.15, -0.1) is 0 Å². The van der Waals surface area contributed by atoms with Gasteiger partial charge in [-0.25, -0.2) is 4.79 Å². The van der Waals surface area contributed by atoms with E-state index >= 15 is 0 Å². The molecule has 1 aromatic carbocycles. The summed E-state index contributed by atoms with van der Waals surface area (Å²) in [5.74, 6) is -0.0803. The molecule has 6 heteroatoms. The van der Waals surface area contributed by atoms with Gasteiger partial charge in [-0.1, -0.05) is 25.1 Å². The molecule has 140 valence electrons. The van der Waals surface area contributed by atoms with Gasteiger partial charge >= 0.3 is 5.97 Å². The minimum Gasteiger partial charge on any atom is -1.00 e. The van der Waals surface area contributed by atoms with E-state index < -0.39 is 0 Å². The fourth-order valence-corrected chi connectivity index (χ4v) is 4.94. The number of fused-ring (bicyclic) bond motifs is 3. The number of aromatic nitrogens is 2. The number of halogens is 1. The zero-order valence-corrected chi connectivity index (χ0v) is 16.1. The van der Waals surface area contributed by atoms with Crippen LogP contribution >= 0.6 is 0 Å². The summed E-state index contributed by atoms with van der Waals surface area (Å²) in [6, 6.07) is 7.91. The molecule has 27 heavy (non-hydrogen) atoms. The highest BCUT2D eigenvalue weighted by Gasteiger charge is 2.47. The maximum absolute atomic E-state index is 12.7. The van der Waals surface area contributed by atoms with Crippen LogP contribution in [0, 0.1) is 0 Å². The fourth-order valence-electron chi connectivity index (χ4n) is 4.94. The van der Waals surface area contributed by atoms with Crippen LogP contribution in [-0.2, 0) is 21.5 Å². The number of aryl methyl sites for hydroxylation is 1. The van der Waals surface area contributed by atoms with E-state index in [-0.39, 0.29) is 29.5 Å². The lowest BCUT2D eigenvalue weighted by Crippen LogP contribution is -3.00. The van der Waals surface area contributed by atoms with Crippen molar-refractivity contribution in [3.8, 4) is 5.75 Å². The average molecular weight is 385 g/mol. The molecule has 3 aromatic rings. The number of esters is 1. The number of ether oxygens (including phenoxy) is 1. The molecule has 0 radical (unpaired) electrons. The summed E-state index contributed by atoms with van der Waals surface area (Å²) < 4.78 is 9.26. The number of allylic oxidation sites excluding steroid dienone is 1. The summed E-state index contributed by atoms with van der Waals surface area (Å²) >= 11 is 0. The van der Waals surface area contributed by atoms with Crippen molar-refractivity contribution < 1.29 is 31.6 Å². The molecular formula is C21H21ClN2O3. The Bertz CT molecular complexity index is 1130. The van der Waals surface area contributed by atoms with Crippen molar-refractivity contribution in [2.75, 3.05) is 7.11 Å². The number of nitrogens with zero attached hydrogens (tertiary/aromatic N) is 2. The summed E-state index contributed by atoms with van der Waals surface area (Å²) in [7, 11) is 1.42. The van der Waals surface area contributed by atoms with Gasteiger partial charge in [-0.3, -0.25) is 4.57 Å². The number of carbonyl (C=O) groups excluding carboxylic acids is 1. The third kappa shape index (κ3) is 2.12. The number of para-hydroxylation sites is 1. The number of carbonyl (C=O) groups is 1. The number of aromatic hydroxyl groups is 1. The minimum atomic E-state index is -0.341. The Morgan fingerprint density at radius 2 is 2.15 bits per heavy atom. The van der Waals surface area contributed by atoms with Crippen molar-refractivity contribution >= 4 is 33.5 Å². The van der Waals surface area contributed by atoms with Gasteiger partial charge in [-0.2, -0.15) is 4.57 Å². The van der Waals surface area contributed by atoms with Gasteiger partial charge in [0.1, 0.15) is 17.8 Å². The van der Waals surface area contributed by atoms with Crippen LogP contribution in [0.4, 0.5) is 0 Å². The number of hydrogen-bond donors (Lipinski definition) is 1. The zero-order valence-electron chi connectivity index (χ0n) is 15.3. The van der Waals surface area contributed by atoms with Crippen LogP contribution in [0.25, 0.3) is 27.5 Å². The molecule has 0 saturated carbocycles. The molecule has 1 atom stereocenters. The van der Waals surface area contributed by atoms with Gasteiger partial charge in [0.05, 0.1) is 23.4 Å². The second kappa shape index (κ2) is 5.99.